The summed E-state index contributed by atoms with van der Waals surface area (Å²) in [6, 6.07) is 3.64. The van der Waals surface area contributed by atoms with Crippen LogP contribution in [0.2, 0.25) is 0 Å². The second-order valence-electron chi connectivity index (χ2n) is 6.95. The minimum atomic E-state index is -3.50. The first-order chi connectivity index (χ1) is 11.4. The van der Waals surface area contributed by atoms with E-state index in [1.54, 1.807) is 10.4 Å². The highest BCUT2D eigenvalue weighted by molar-refractivity contribution is 7.89. The van der Waals surface area contributed by atoms with Crippen LogP contribution in [-0.4, -0.2) is 42.1 Å². The molecule has 4 rings (SSSR count). The molecule has 8 heteroatoms. The highest BCUT2D eigenvalue weighted by atomic mass is 32.2. The molecule has 2 atom stereocenters. The summed E-state index contributed by atoms with van der Waals surface area (Å²) in [7, 11) is -3.50. The van der Waals surface area contributed by atoms with Crippen LogP contribution in [0.3, 0.4) is 0 Å². The van der Waals surface area contributed by atoms with Crippen LogP contribution >= 0.6 is 11.3 Å². The summed E-state index contributed by atoms with van der Waals surface area (Å²) in [5.74, 6) is 0.929. The molecule has 2 aliphatic rings. The number of hydrogen-bond donors (Lipinski definition) is 2. The third-order valence-electron chi connectivity index (χ3n) is 5.05. The van der Waals surface area contributed by atoms with Crippen molar-refractivity contribution < 1.29 is 8.42 Å². The molecule has 1 aliphatic heterocycles. The van der Waals surface area contributed by atoms with Gasteiger partial charge in [0.05, 0.1) is 9.77 Å². The number of nitrogens with zero attached hydrogens (tertiary/aromatic N) is 2. The van der Waals surface area contributed by atoms with Gasteiger partial charge in [-0.25, -0.2) is 8.42 Å². The fourth-order valence-corrected chi connectivity index (χ4v) is 6.60. The molecule has 3 heterocycles. The molecule has 1 aliphatic carbocycles. The predicted molar refractivity (Wildman–Crippen MR) is 94.3 cm³/mol. The van der Waals surface area contributed by atoms with Crippen LogP contribution in [0.4, 0.5) is 0 Å². The maximum atomic E-state index is 13.1. The third-order valence-corrected chi connectivity index (χ3v) is 8.21. The summed E-state index contributed by atoms with van der Waals surface area (Å²) in [6.45, 7) is 4.77. The number of rotatable bonds is 4. The van der Waals surface area contributed by atoms with Gasteiger partial charge in [0.2, 0.25) is 10.0 Å². The zero-order chi connectivity index (χ0) is 17.1. The molecule has 130 valence electrons. The van der Waals surface area contributed by atoms with E-state index in [0.29, 0.717) is 29.8 Å². The fourth-order valence-electron chi connectivity index (χ4n) is 3.57. The molecular weight excluding hydrogens is 344 g/mol. The van der Waals surface area contributed by atoms with Gasteiger partial charge in [-0.1, -0.05) is 0 Å². The Kier molecular flexibility index (Phi) is 3.83. The van der Waals surface area contributed by atoms with Gasteiger partial charge in [0.15, 0.2) is 0 Å². The standard InChI is InChI=1S/C16H22N4O2S2/c1-9-5-14(19-18-9)15-6-16(10(2)23-15)24(21,22)20-7-12(11-3-4-11)13(17)8-20/h5-6,11-13H,3-4,7-8,17H2,1-2H3,(H,18,19)/t12-,13+/m0/s1. The smallest absolute Gasteiger partial charge is 0.244 e. The SMILES string of the molecule is Cc1cc(-c2cc(S(=O)(=O)N3C[C@@H](N)[C@H](C4CC4)C3)c(C)s2)n[nH]1. The summed E-state index contributed by atoms with van der Waals surface area (Å²) < 4.78 is 27.8. The number of hydrogen-bond acceptors (Lipinski definition) is 5. The molecule has 1 saturated heterocycles. The molecule has 6 nitrogen and oxygen atoms in total. The summed E-state index contributed by atoms with van der Waals surface area (Å²) in [4.78, 5) is 2.07. The normalized spacial score (nSPS) is 25.5. The van der Waals surface area contributed by atoms with E-state index in [4.69, 9.17) is 5.73 Å². The summed E-state index contributed by atoms with van der Waals surface area (Å²) >= 11 is 1.47. The van der Waals surface area contributed by atoms with E-state index in [-0.39, 0.29) is 6.04 Å². The topological polar surface area (TPSA) is 92.1 Å². The van der Waals surface area contributed by atoms with Crippen molar-refractivity contribution in [2.24, 2.45) is 17.6 Å². The minimum absolute atomic E-state index is 0.0420. The number of thiophene rings is 1. The van der Waals surface area contributed by atoms with Crippen molar-refractivity contribution in [2.75, 3.05) is 13.1 Å². The van der Waals surface area contributed by atoms with E-state index in [9.17, 15) is 8.42 Å². The maximum absolute atomic E-state index is 13.1. The van der Waals surface area contributed by atoms with Crippen molar-refractivity contribution in [3.05, 3.63) is 22.7 Å². The Hall–Kier alpha value is -1.22. The van der Waals surface area contributed by atoms with Crippen LogP contribution in [-0.2, 0) is 10.0 Å². The maximum Gasteiger partial charge on any atom is 0.244 e. The van der Waals surface area contributed by atoms with Gasteiger partial charge in [0.25, 0.3) is 0 Å². The molecule has 2 aromatic rings. The van der Waals surface area contributed by atoms with Crippen molar-refractivity contribution >= 4 is 21.4 Å². The van der Waals surface area contributed by atoms with Crippen LogP contribution in [0.25, 0.3) is 10.6 Å². The van der Waals surface area contributed by atoms with Gasteiger partial charge < -0.3 is 5.73 Å². The van der Waals surface area contributed by atoms with E-state index >= 15 is 0 Å². The predicted octanol–water partition coefficient (Wildman–Crippen LogP) is 2.11. The van der Waals surface area contributed by atoms with E-state index in [1.165, 1.54) is 24.2 Å². The quantitative estimate of drug-likeness (QED) is 0.867. The lowest BCUT2D eigenvalue weighted by Crippen LogP contribution is -2.32. The van der Waals surface area contributed by atoms with Gasteiger partial charge in [-0.15, -0.1) is 11.3 Å². The molecule has 2 aromatic heterocycles. The number of aromatic nitrogens is 2. The number of aryl methyl sites for hydroxylation is 2. The molecule has 0 aromatic carbocycles. The Morgan fingerprint density at radius 2 is 2.04 bits per heavy atom. The zero-order valence-corrected chi connectivity index (χ0v) is 15.5. The van der Waals surface area contributed by atoms with Crippen LogP contribution in [0.15, 0.2) is 17.0 Å². The van der Waals surface area contributed by atoms with Crippen molar-refractivity contribution in [1.29, 1.82) is 0 Å². The van der Waals surface area contributed by atoms with E-state index in [2.05, 4.69) is 10.2 Å². The number of sulfonamides is 1. The third kappa shape index (κ3) is 2.71. The first-order valence-corrected chi connectivity index (χ1v) is 10.5. The van der Waals surface area contributed by atoms with Crippen molar-refractivity contribution in [1.82, 2.24) is 14.5 Å². The first-order valence-electron chi connectivity index (χ1n) is 8.25. The summed E-state index contributed by atoms with van der Waals surface area (Å²) in [6.07, 6.45) is 2.37. The Bertz CT molecular complexity index is 867. The molecular formula is C16H22N4O2S2. The molecule has 0 unspecified atom stereocenters. The Balaban J connectivity index is 1.64. The second-order valence-corrected chi connectivity index (χ2v) is 10.1. The largest absolute Gasteiger partial charge is 0.326 e. The Labute approximate surface area is 146 Å². The highest BCUT2D eigenvalue weighted by Crippen LogP contribution is 2.43. The van der Waals surface area contributed by atoms with Crippen molar-refractivity contribution in [2.45, 2.75) is 37.6 Å². The van der Waals surface area contributed by atoms with Gasteiger partial charge in [-0.05, 0) is 50.7 Å². The molecule has 1 saturated carbocycles. The first kappa shape index (κ1) is 16.3. The second kappa shape index (κ2) is 5.66. The zero-order valence-electron chi connectivity index (χ0n) is 13.8. The molecule has 0 bridgehead atoms. The monoisotopic (exact) mass is 366 g/mol. The molecule has 2 fully saturated rings. The number of aromatic amines is 1. The van der Waals surface area contributed by atoms with Crippen LogP contribution in [0.1, 0.15) is 23.4 Å². The van der Waals surface area contributed by atoms with Crippen LogP contribution in [0.5, 0.6) is 0 Å². The lowest BCUT2D eigenvalue weighted by Gasteiger charge is -2.16. The van der Waals surface area contributed by atoms with Gasteiger partial charge in [0.1, 0.15) is 5.69 Å². The van der Waals surface area contributed by atoms with Gasteiger partial charge >= 0.3 is 0 Å². The number of nitrogens with one attached hydrogen (secondary N) is 1. The molecule has 0 amide bonds. The molecule has 0 radical (unpaired) electrons. The van der Waals surface area contributed by atoms with Crippen LogP contribution in [0, 0.1) is 25.7 Å². The van der Waals surface area contributed by atoms with E-state index in [1.807, 2.05) is 19.9 Å². The highest BCUT2D eigenvalue weighted by Gasteiger charge is 2.45. The average molecular weight is 367 g/mol. The Morgan fingerprint density at radius 3 is 2.67 bits per heavy atom. The minimum Gasteiger partial charge on any atom is -0.326 e. The molecule has 3 N–H and O–H groups in total. The van der Waals surface area contributed by atoms with Crippen molar-refractivity contribution in [3.8, 4) is 10.6 Å². The van der Waals surface area contributed by atoms with E-state index < -0.39 is 10.0 Å². The molecule has 0 spiro atoms. The van der Waals surface area contributed by atoms with Gasteiger partial charge in [0, 0.05) is 29.7 Å². The van der Waals surface area contributed by atoms with E-state index in [0.717, 1.165) is 21.1 Å². The van der Waals surface area contributed by atoms with Gasteiger partial charge in [-0.3, -0.25) is 5.10 Å². The molecule has 24 heavy (non-hydrogen) atoms. The average Bonchev–Trinajstić information content (AvgIpc) is 2.93. The lowest BCUT2D eigenvalue weighted by molar-refractivity contribution is 0.428. The number of nitrogens with two attached hydrogens (primary N) is 1. The fraction of sp³-hybridized carbons (Fsp3) is 0.562. The summed E-state index contributed by atoms with van der Waals surface area (Å²) in [5.41, 5.74) is 7.95. The Morgan fingerprint density at radius 1 is 1.29 bits per heavy atom. The van der Waals surface area contributed by atoms with Gasteiger partial charge in [-0.2, -0.15) is 9.40 Å². The number of H-pyrrole nitrogens is 1. The van der Waals surface area contributed by atoms with Crippen molar-refractivity contribution in [3.63, 3.8) is 0 Å². The lowest BCUT2D eigenvalue weighted by atomic mass is 9.99. The summed E-state index contributed by atoms with van der Waals surface area (Å²) in [5, 5.41) is 7.13. The van der Waals surface area contributed by atoms with Crippen LogP contribution < -0.4 is 5.73 Å².